The van der Waals surface area contributed by atoms with Gasteiger partial charge in [0.2, 0.25) is 0 Å². The standard InChI is InChI=1S/C28H55N3O5Si3/c1-10-37(11-2,12-3)34-26-24(22-30-31-29)33-25(23-20-19-21-32-23)27(35-38(13-4,14-5)15-6)28(26)36-39(16-7,17-8)18-9/h19-21,24-28H,10-18,22H2,1-9H3/t24-,25-,26-,27+,28+/m1/s1. The Kier molecular flexibility index (Phi) is 14.0. The molecule has 1 aliphatic heterocycles. The molecule has 39 heavy (non-hydrogen) atoms. The number of rotatable bonds is 18. The number of hydrogen-bond acceptors (Lipinski definition) is 6. The molecule has 0 N–H and O–H groups in total. The Labute approximate surface area is 240 Å². The second kappa shape index (κ2) is 15.9. The van der Waals surface area contributed by atoms with Crippen LogP contribution in [0.2, 0.25) is 54.4 Å². The molecule has 1 saturated heterocycles. The minimum atomic E-state index is -2.09. The molecule has 1 aliphatic rings. The molecule has 0 radical (unpaired) electrons. The summed E-state index contributed by atoms with van der Waals surface area (Å²) in [5.41, 5.74) is 9.28. The maximum Gasteiger partial charge on any atom is 0.192 e. The van der Waals surface area contributed by atoms with E-state index >= 15 is 0 Å². The predicted octanol–water partition coefficient (Wildman–Crippen LogP) is 9.20. The van der Waals surface area contributed by atoms with E-state index in [1.165, 1.54) is 0 Å². The summed E-state index contributed by atoms with van der Waals surface area (Å²) in [4.78, 5) is 3.10. The van der Waals surface area contributed by atoms with Crippen molar-refractivity contribution in [3.63, 3.8) is 0 Å². The van der Waals surface area contributed by atoms with Gasteiger partial charge in [-0.1, -0.05) is 67.4 Å². The summed E-state index contributed by atoms with van der Waals surface area (Å²) in [5.74, 6) is 0.728. The molecule has 1 aromatic heterocycles. The third-order valence-electron chi connectivity index (χ3n) is 9.74. The van der Waals surface area contributed by atoms with Gasteiger partial charge in [0.1, 0.15) is 24.1 Å². The van der Waals surface area contributed by atoms with Crippen LogP contribution in [0, 0.1) is 0 Å². The fraction of sp³-hybridized carbons (Fsp3) is 0.857. The minimum absolute atomic E-state index is 0.184. The Morgan fingerprint density at radius 2 is 1.15 bits per heavy atom. The van der Waals surface area contributed by atoms with Crippen LogP contribution >= 0.6 is 0 Å². The highest BCUT2D eigenvalue weighted by molar-refractivity contribution is 6.74. The molecule has 0 unspecified atom stereocenters. The highest BCUT2D eigenvalue weighted by atomic mass is 28.4. The van der Waals surface area contributed by atoms with Crippen molar-refractivity contribution >= 4 is 25.0 Å². The summed E-state index contributed by atoms with van der Waals surface area (Å²) in [7, 11) is -6.26. The third kappa shape index (κ3) is 7.88. The second-order valence-electron chi connectivity index (χ2n) is 11.0. The van der Waals surface area contributed by atoms with Crippen molar-refractivity contribution in [1.29, 1.82) is 0 Å². The van der Waals surface area contributed by atoms with Crippen LogP contribution in [-0.2, 0) is 18.0 Å². The molecule has 1 aromatic rings. The zero-order valence-electron chi connectivity index (χ0n) is 26.1. The van der Waals surface area contributed by atoms with Gasteiger partial charge in [0.15, 0.2) is 25.0 Å². The van der Waals surface area contributed by atoms with Crippen LogP contribution in [0.25, 0.3) is 10.4 Å². The molecule has 0 spiro atoms. The van der Waals surface area contributed by atoms with E-state index in [-0.39, 0.29) is 24.9 Å². The van der Waals surface area contributed by atoms with Crippen LogP contribution in [0.3, 0.4) is 0 Å². The fourth-order valence-corrected chi connectivity index (χ4v) is 14.7. The number of azide groups is 1. The van der Waals surface area contributed by atoms with Crippen molar-refractivity contribution in [1.82, 2.24) is 0 Å². The van der Waals surface area contributed by atoms with Crippen LogP contribution in [0.15, 0.2) is 27.9 Å². The molecule has 0 bridgehead atoms. The van der Waals surface area contributed by atoms with Crippen molar-refractivity contribution in [3.05, 3.63) is 34.6 Å². The summed E-state index contributed by atoms with van der Waals surface area (Å²) in [6.07, 6.45) is -0.273. The van der Waals surface area contributed by atoms with Crippen molar-refractivity contribution < 1.29 is 22.4 Å². The van der Waals surface area contributed by atoms with Gasteiger partial charge in [0, 0.05) is 4.91 Å². The lowest BCUT2D eigenvalue weighted by atomic mass is 9.93. The van der Waals surface area contributed by atoms with Gasteiger partial charge in [-0.3, -0.25) is 0 Å². The fourth-order valence-electron chi connectivity index (χ4n) is 6.13. The number of nitrogens with zero attached hydrogens (tertiary/aromatic N) is 3. The molecule has 5 atom stereocenters. The predicted molar refractivity (Wildman–Crippen MR) is 167 cm³/mol. The lowest BCUT2D eigenvalue weighted by Gasteiger charge is -2.52. The first-order valence-electron chi connectivity index (χ1n) is 15.5. The molecule has 11 heteroatoms. The Balaban J connectivity index is 2.79. The minimum Gasteiger partial charge on any atom is -0.466 e. The Bertz CT molecular complexity index is 847. The van der Waals surface area contributed by atoms with Gasteiger partial charge < -0.3 is 22.4 Å². The second-order valence-corrected chi connectivity index (χ2v) is 25.2. The molecule has 8 nitrogen and oxygen atoms in total. The molecule has 224 valence electrons. The Morgan fingerprint density at radius 1 is 0.718 bits per heavy atom. The average molecular weight is 598 g/mol. The molecule has 1 fully saturated rings. The Morgan fingerprint density at radius 3 is 1.54 bits per heavy atom. The molecule has 0 aliphatic carbocycles. The largest absolute Gasteiger partial charge is 0.466 e. The van der Waals surface area contributed by atoms with Crippen LogP contribution in [-0.4, -0.2) is 55.9 Å². The molecular formula is C28H55N3O5Si3. The summed E-state index contributed by atoms with van der Waals surface area (Å²) in [5, 5.41) is 3.99. The van der Waals surface area contributed by atoms with Crippen LogP contribution in [0.1, 0.15) is 74.2 Å². The van der Waals surface area contributed by atoms with Crippen molar-refractivity contribution in [2.24, 2.45) is 5.11 Å². The normalized spacial score (nSPS) is 24.5. The van der Waals surface area contributed by atoms with E-state index in [0.717, 1.165) is 60.2 Å². The molecule has 2 rings (SSSR count). The number of hydrogen-bond donors (Lipinski definition) is 0. The number of furan rings is 1. The average Bonchev–Trinajstić information content (AvgIpc) is 3.53. The van der Waals surface area contributed by atoms with Crippen molar-refractivity contribution in [2.45, 2.75) is 147 Å². The molecular weight excluding hydrogens is 543 g/mol. The smallest absolute Gasteiger partial charge is 0.192 e. The highest BCUT2D eigenvalue weighted by Crippen LogP contribution is 2.43. The first kappa shape index (κ1) is 34.3. The molecule has 0 saturated carbocycles. The molecule has 0 aromatic carbocycles. The Hall–Kier alpha value is -0.919. The molecule has 0 amide bonds. The zero-order valence-corrected chi connectivity index (χ0v) is 29.1. The van der Waals surface area contributed by atoms with Gasteiger partial charge in [0.05, 0.1) is 25.0 Å². The van der Waals surface area contributed by atoms with E-state index in [0.29, 0.717) is 0 Å². The summed E-state index contributed by atoms with van der Waals surface area (Å²) in [6, 6.07) is 13.1. The van der Waals surface area contributed by atoms with E-state index in [1.807, 2.05) is 12.1 Å². The summed E-state index contributed by atoms with van der Waals surface area (Å²) in [6.45, 7) is 20.5. The summed E-state index contributed by atoms with van der Waals surface area (Å²) < 4.78 is 34.8. The first-order valence-corrected chi connectivity index (χ1v) is 23.1. The highest BCUT2D eigenvalue weighted by Gasteiger charge is 2.55. The maximum absolute atomic E-state index is 9.28. The van der Waals surface area contributed by atoms with E-state index in [1.54, 1.807) is 6.26 Å². The van der Waals surface area contributed by atoms with Gasteiger partial charge in [-0.25, -0.2) is 0 Å². The monoisotopic (exact) mass is 597 g/mol. The van der Waals surface area contributed by atoms with E-state index in [2.05, 4.69) is 72.3 Å². The van der Waals surface area contributed by atoms with Gasteiger partial charge in [0.25, 0.3) is 0 Å². The van der Waals surface area contributed by atoms with E-state index < -0.39 is 37.2 Å². The van der Waals surface area contributed by atoms with Gasteiger partial charge in [-0.05, 0) is 72.1 Å². The maximum atomic E-state index is 9.28. The lowest BCUT2D eigenvalue weighted by molar-refractivity contribution is -0.212. The van der Waals surface area contributed by atoms with Gasteiger partial charge in [-0.15, -0.1) is 0 Å². The zero-order chi connectivity index (χ0) is 29.1. The van der Waals surface area contributed by atoms with Crippen LogP contribution < -0.4 is 0 Å². The van der Waals surface area contributed by atoms with Crippen molar-refractivity contribution in [2.75, 3.05) is 6.54 Å². The number of ether oxygens (including phenoxy) is 1. The third-order valence-corrected chi connectivity index (χ3v) is 23.7. The SMILES string of the molecule is CC[Si](CC)(CC)O[C@@H]1[C@@H](O[Si](CC)(CC)CC)[C@@H](c2ccco2)O[C@H](CN=[N+]=[N-])[C@H]1O[Si](CC)(CC)CC. The topological polar surface area (TPSA) is 98.8 Å². The lowest BCUT2D eigenvalue weighted by Crippen LogP contribution is -2.65. The van der Waals surface area contributed by atoms with E-state index in [4.69, 9.17) is 22.4 Å². The van der Waals surface area contributed by atoms with Gasteiger partial charge >= 0.3 is 0 Å². The van der Waals surface area contributed by atoms with Crippen LogP contribution in [0.5, 0.6) is 0 Å². The first-order chi connectivity index (χ1) is 18.7. The van der Waals surface area contributed by atoms with Crippen LogP contribution in [0.4, 0.5) is 0 Å². The quantitative estimate of drug-likeness (QED) is 0.0727. The van der Waals surface area contributed by atoms with E-state index in [9.17, 15) is 5.53 Å². The summed E-state index contributed by atoms with van der Waals surface area (Å²) >= 11 is 0. The van der Waals surface area contributed by atoms with Crippen molar-refractivity contribution in [3.8, 4) is 0 Å². The van der Waals surface area contributed by atoms with Gasteiger partial charge in [-0.2, -0.15) is 0 Å². The molecule has 2 heterocycles.